The Morgan fingerprint density at radius 2 is 2.20 bits per heavy atom. The maximum atomic E-state index is 12.2. The lowest BCUT2D eigenvalue weighted by Crippen LogP contribution is -2.38. The van der Waals surface area contributed by atoms with E-state index in [4.69, 9.17) is 0 Å². The van der Waals surface area contributed by atoms with Crippen LogP contribution in [0.15, 0.2) is 30.5 Å². The second kappa shape index (κ2) is 5.00. The summed E-state index contributed by atoms with van der Waals surface area (Å²) < 4.78 is 0. The first-order valence-corrected chi connectivity index (χ1v) is 6.79. The fourth-order valence-electron chi connectivity index (χ4n) is 2.59. The molecule has 1 atom stereocenters. The fraction of sp³-hybridized carbons (Fsp3) is 0.333. The van der Waals surface area contributed by atoms with Crippen LogP contribution in [0, 0.1) is 6.92 Å². The molecule has 0 fully saturated rings. The monoisotopic (exact) mass is 270 g/mol. The molecule has 3 rings (SSSR count). The number of hydrogen-bond donors (Lipinski definition) is 2. The third-order valence-corrected chi connectivity index (χ3v) is 3.64. The molecular formula is C15H18N4O. The molecule has 1 unspecified atom stereocenters. The number of aromatic nitrogens is 2. The minimum absolute atomic E-state index is 0.00284. The Labute approximate surface area is 118 Å². The van der Waals surface area contributed by atoms with Gasteiger partial charge in [-0.1, -0.05) is 12.1 Å². The molecule has 1 aromatic heterocycles. The van der Waals surface area contributed by atoms with E-state index in [0.717, 1.165) is 35.6 Å². The standard InChI is InChI=1S/C15H18N4O/c1-10-7-16-18-13(10)9-19-8-11(2)17-15(20)12-5-3-4-6-14(12)19/h3-7,11H,8-9H2,1-2H3,(H,16,18)(H,17,20). The van der Waals surface area contributed by atoms with Crippen LogP contribution in [0.25, 0.3) is 0 Å². The summed E-state index contributed by atoms with van der Waals surface area (Å²) in [6.07, 6.45) is 1.83. The summed E-state index contributed by atoms with van der Waals surface area (Å²) >= 11 is 0. The number of para-hydroxylation sites is 1. The summed E-state index contributed by atoms with van der Waals surface area (Å²) in [6, 6.07) is 7.84. The smallest absolute Gasteiger partial charge is 0.253 e. The molecule has 5 heteroatoms. The zero-order valence-electron chi connectivity index (χ0n) is 11.7. The second-order valence-electron chi connectivity index (χ2n) is 5.30. The molecule has 0 spiro atoms. The van der Waals surface area contributed by atoms with E-state index in [9.17, 15) is 4.79 Å². The van der Waals surface area contributed by atoms with Crippen molar-refractivity contribution in [2.24, 2.45) is 0 Å². The number of carbonyl (C=O) groups excluding carboxylic acids is 1. The number of nitrogens with one attached hydrogen (secondary N) is 2. The van der Waals surface area contributed by atoms with Gasteiger partial charge in [0.25, 0.3) is 5.91 Å². The molecule has 0 aliphatic carbocycles. The molecule has 104 valence electrons. The summed E-state index contributed by atoms with van der Waals surface area (Å²) in [7, 11) is 0. The van der Waals surface area contributed by atoms with Crippen LogP contribution in [-0.4, -0.2) is 28.7 Å². The first-order chi connectivity index (χ1) is 9.65. The summed E-state index contributed by atoms with van der Waals surface area (Å²) in [5, 5.41) is 10.1. The van der Waals surface area contributed by atoms with Gasteiger partial charge in [0.1, 0.15) is 0 Å². The van der Waals surface area contributed by atoms with Crippen molar-refractivity contribution < 1.29 is 4.79 Å². The molecule has 2 heterocycles. The second-order valence-corrected chi connectivity index (χ2v) is 5.30. The maximum Gasteiger partial charge on any atom is 0.253 e. The van der Waals surface area contributed by atoms with Crippen molar-refractivity contribution >= 4 is 11.6 Å². The van der Waals surface area contributed by atoms with E-state index in [0.29, 0.717) is 0 Å². The molecule has 0 radical (unpaired) electrons. The van der Waals surface area contributed by atoms with Crippen LogP contribution in [0.4, 0.5) is 5.69 Å². The first-order valence-electron chi connectivity index (χ1n) is 6.79. The summed E-state index contributed by atoms with van der Waals surface area (Å²) in [4.78, 5) is 14.4. The van der Waals surface area contributed by atoms with Gasteiger partial charge < -0.3 is 10.2 Å². The number of nitrogens with zero attached hydrogens (tertiary/aromatic N) is 2. The van der Waals surface area contributed by atoms with Crippen LogP contribution in [0.1, 0.15) is 28.5 Å². The van der Waals surface area contributed by atoms with Crippen LogP contribution < -0.4 is 10.2 Å². The van der Waals surface area contributed by atoms with Gasteiger partial charge in [-0.2, -0.15) is 5.10 Å². The minimum atomic E-state index is -0.00284. The van der Waals surface area contributed by atoms with Crippen molar-refractivity contribution in [3.8, 4) is 0 Å². The van der Waals surface area contributed by atoms with Gasteiger partial charge in [0.05, 0.1) is 24.0 Å². The molecule has 0 saturated carbocycles. The molecular weight excluding hydrogens is 252 g/mol. The van der Waals surface area contributed by atoms with Crippen molar-refractivity contribution in [3.63, 3.8) is 0 Å². The van der Waals surface area contributed by atoms with Crippen LogP contribution in [0.3, 0.4) is 0 Å². The molecule has 1 amide bonds. The lowest BCUT2D eigenvalue weighted by Gasteiger charge is -2.25. The van der Waals surface area contributed by atoms with Crippen LogP contribution in [-0.2, 0) is 6.54 Å². The predicted octanol–water partition coefficient (Wildman–Crippen LogP) is 1.86. The number of aromatic amines is 1. The predicted molar refractivity (Wildman–Crippen MR) is 77.7 cm³/mol. The van der Waals surface area contributed by atoms with Gasteiger partial charge in [-0.05, 0) is 31.5 Å². The minimum Gasteiger partial charge on any atom is -0.363 e. The van der Waals surface area contributed by atoms with Gasteiger partial charge in [-0.3, -0.25) is 9.89 Å². The van der Waals surface area contributed by atoms with Gasteiger partial charge in [-0.25, -0.2) is 0 Å². The Morgan fingerprint density at radius 1 is 1.40 bits per heavy atom. The number of H-pyrrole nitrogens is 1. The van der Waals surface area contributed by atoms with Crippen molar-refractivity contribution in [1.29, 1.82) is 0 Å². The van der Waals surface area contributed by atoms with Gasteiger partial charge in [0.2, 0.25) is 0 Å². The Bertz CT molecular complexity index is 634. The Kier molecular flexibility index (Phi) is 3.18. The number of amides is 1. The van der Waals surface area contributed by atoms with Gasteiger partial charge >= 0.3 is 0 Å². The number of hydrogen-bond acceptors (Lipinski definition) is 3. The van der Waals surface area contributed by atoms with Crippen molar-refractivity contribution in [3.05, 3.63) is 47.3 Å². The lowest BCUT2D eigenvalue weighted by molar-refractivity contribution is 0.0945. The van der Waals surface area contributed by atoms with E-state index in [1.54, 1.807) is 0 Å². The van der Waals surface area contributed by atoms with E-state index in [2.05, 4.69) is 20.4 Å². The van der Waals surface area contributed by atoms with E-state index < -0.39 is 0 Å². The number of benzene rings is 1. The average molecular weight is 270 g/mol. The highest BCUT2D eigenvalue weighted by molar-refractivity contribution is 6.00. The molecule has 20 heavy (non-hydrogen) atoms. The fourth-order valence-corrected chi connectivity index (χ4v) is 2.59. The van der Waals surface area contributed by atoms with Gasteiger partial charge in [0.15, 0.2) is 0 Å². The molecule has 5 nitrogen and oxygen atoms in total. The van der Waals surface area contributed by atoms with E-state index in [-0.39, 0.29) is 11.9 Å². The number of anilines is 1. The van der Waals surface area contributed by atoms with Crippen molar-refractivity contribution in [2.45, 2.75) is 26.4 Å². The summed E-state index contributed by atoms with van der Waals surface area (Å²) in [6.45, 7) is 5.56. The maximum absolute atomic E-state index is 12.2. The number of aryl methyl sites for hydroxylation is 1. The van der Waals surface area contributed by atoms with Crippen molar-refractivity contribution in [1.82, 2.24) is 15.5 Å². The molecule has 2 aromatic rings. The Morgan fingerprint density at radius 3 is 2.95 bits per heavy atom. The summed E-state index contributed by atoms with van der Waals surface area (Å²) in [5.41, 5.74) is 3.93. The zero-order valence-corrected chi connectivity index (χ0v) is 11.7. The molecule has 0 bridgehead atoms. The quantitative estimate of drug-likeness (QED) is 0.875. The third-order valence-electron chi connectivity index (χ3n) is 3.64. The SMILES string of the molecule is Cc1cn[nH]c1CN1CC(C)NC(=O)c2ccccc21. The Balaban J connectivity index is 1.98. The van der Waals surface area contributed by atoms with E-state index in [1.165, 1.54) is 0 Å². The zero-order chi connectivity index (χ0) is 14.1. The van der Waals surface area contributed by atoms with Crippen molar-refractivity contribution in [2.75, 3.05) is 11.4 Å². The number of rotatable bonds is 2. The molecule has 1 aliphatic heterocycles. The van der Waals surface area contributed by atoms with Crippen LogP contribution >= 0.6 is 0 Å². The van der Waals surface area contributed by atoms with Crippen LogP contribution in [0.2, 0.25) is 0 Å². The normalized spacial score (nSPS) is 18.4. The molecule has 0 saturated heterocycles. The highest BCUT2D eigenvalue weighted by Crippen LogP contribution is 2.25. The lowest BCUT2D eigenvalue weighted by atomic mass is 10.1. The topological polar surface area (TPSA) is 61.0 Å². The van der Waals surface area contributed by atoms with Crippen LogP contribution in [0.5, 0.6) is 0 Å². The van der Waals surface area contributed by atoms with E-state index in [1.807, 2.05) is 44.3 Å². The first kappa shape index (κ1) is 12.7. The highest BCUT2D eigenvalue weighted by Gasteiger charge is 2.24. The molecule has 2 N–H and O–H groups in total. The molecule has 1 aliphatic rings. The average Bonchev–Trinajstić information content (AvgIpc) is 2.78. The third kappa shape index (κ3) is 2.27. The van der Waals surface area contributed by atoms with E-state index >= 15 is 0 Å². The largest absolute Gasteiger partial charge is 0.363 e. The number of fused-ring (bicyclic) bond motifs is 1. The highest BCUT2D eigenvalue weighted by atomic mass is 16.1. The van der Waals surface area contributed by atoms with Gasteiger partial charge in [0, 0.05) is 18.3 Å². The molecule has 1 aromatic carbocycles. The summed E-state index contributed by atoms with van der Waals surface area (Å²) in [5.74, 6) is -0.00284. The number of carbonyl (C=O) groups is 1. The van der Waals surface area contributed by atoms with Gasteiger partial charge in [-0.15, -0.1) is 0 Å². The Hall–Kier alpha value is -2.30.